The van der Waals surface area contributed by atoms with Gasteiger partial charge >= 0.3 is 11.9 Å². The summed E-state index contributed by atoms with van der Waals surface area (Å²) >= 11 is 0. The average Bonchev–Trinajstić information content (AvgIpc) is 2.21. The monoisotopic (exact) mass is 249 g/mol. The number of aliphatic hydroxyl groups is 1. The number of nitrogens with two attached hydrogens (primary N) is 1. The molecule has 98 valence electrons. The highest BCUT2D eigenvalue weighted by atomic mass is 16.4. The molecule has 0 aromatic carbocycles. The molecule has 0 radical (unpaired) electrons. The third-order valence-corrected chi connectivity index (χ3v) is 1.89. The second-order valence-corrected chi connectivity index (χ2v) is 3.26. The van der Waals surface area contributed by atoms with Crippen LogP contribution in [0.5, 0.6) is 0 Å². The molecule has 0 heterocycles. The van der Waals surface area contributed by atoms with E-state index in [2.05, 4.69) is 10.9 Å². The zero-order valence-corrected chi connectivity index (χ0v) is 8.92. The van der Waals surface area contributed by atoms with Gasteiger partial charge in [0.15, 0.2) is 0 Å². The predicted octanol–water partition coefficient (Wildman–Crippen LogP) is -2.76. The van der Waals surface area contributed by atoms with Crippen LogP contribution >= 0.6 is 0 Å². The van der Waals surface area contributed by atoms with Gasteiger partial charge in [0, 0.05) is 6.42 Å². The molecule has 0 aromatic rings. The minimum absolute atomic E-state index is 0.0879. The molecular formula is C8H15N3O6. The number of carbonyl (C=O) groups excluding carboxylic acids is 1. The van der Waals surface area contributed by atoms with Crippen LogP contribution in [-0.2, 0) is 14.4 Å². The number of nitrogens with one attached hydrogen (secondary N) is 2. The number of carboxylic acids is 2. The topological polar surface area (TPSA) is 162 Å². The van der Waals surface area contributed by atoms with Crippen LogP contribution in [0.25, 0.3) is 0 Å². The Morgan fingerprint density at radius 1 is 1.06 bits per heavy atom. The molecule has 0 spiro atoms. The van der Waals surface area contributed by atoms with Crippen molar-refractivity contribution in [1.29, 1.82) is 0 Å². The van der Waals surface area contributed by atoms with E-state index in [1.165, 1.54) is 0 Å². The molecule has 0 aliphatic carbocycles. The molecule has 0 bridgehead atoms. The van der Waals surface area contributed by atoms with Crippen molar-refractivity contribution in [1.82, 2.24) is 10.9 Å². The lowest BCUT2D eigenvalue weighted by molar-refractivity contribution is -0.144. The first-order valence-electron chi connectivity index (χ1n) is 4.74. The van der Waals surface area contributed by atoms with Crippen molar-refractivity contribution in [3.63, 3.8) is 0 Å². The lowest BCUT2D eigenvalue weighted by Gasteiger charge is -2.17. The van der Waals surface area contributed by atoms with Crippen LogP contribution in [-0.4, -0.2) is 51.9 Å². The van der Waals surface area contributed by atoms with Crippen molar-refractivity contribution in [2.45, 2.75) is 24.9 Å². The normalized spacial score (nSPS) is 13.9. The Labute approximate surface area is 96.6 Å². The van der Waals surface area contributed by atoms with Crippen LogP contribution in [0.3, 0.4) is 0 Å². The molecule has 0 saturated heterocycles. The summed E-state index contributed by atoms with van der Waals surface area (Å²) in [5.74, 6) is -3.25. The minimum atomic E-state index is -1.33. The standard InChI is InChI=1S/C8H15N3O6/c9-6(13)2-1-4(7(14)15)10-11-5(3-12)8(16)17/h4-5,10-12H,1-3H2,(H2,9,13)(H,14,15)(H,16,17)/t4-,5-/m0/s1. The SMILES string of the molecule is NC(=O)CC[C@H](NN[C@@H](CO)C(=O)O)C(=O)O. The first kappa shape index (κ1) is 15.3. The Morgan fingerprint density at radius 2 is 1.53 bits per heavy atom. The average molecular weight is 249 g/mol. The van der Waals surface area contributed by atoms with E-state index >= 15 is 0 Å². The molecule has 9 heteroatoms. The van der Waals surface area contributed by atoms with E-state index in [4.69, 9.17) is 21.1 Å². The minimum Gasteiger partial charge on any atom is -0.480 e. The quantitative estimate of drug-likeness (QED) is 0.239. The maximum Gasteiger partial charge on any atom is 0.324 e. The first-order chi connectivity index (χ1) is 7.88. The first-order valence-corrected chi connectivity index (χ1v) is 4.74. The Bertz CT molecular complexity index is 295. The van der Waals surface area contributed by atoms with Gasteiger partial charge in [-0.2, -0.15) is 0 Å². The molecular weight excluding hydrogens is 234 g/mol. The van der Waals surface area contributed by atoms with Crippen LogP contribution in [0.4, 0.5) is 0 Å². The van der Waals surface area contributed by atoms with E-state index in [1.54, 1.807) is 0 Å². The third kappa shape index (κ3) is 6.45. The Hall–Kier alpha value is -1.71. The van der Waals surface area contributed by atoms with Gasteiger partial charge in [-0.05, 0) is 6.42 Å². The second kappa shape index (κ2) is 7.54. The molecule has 0 fully saturated rings. The van der Waals surface area contributed by atoms with E-state index in [9.17, 15) is 14.4 Å². The molecule has 17 heavy (non-hydrogen) atoms. The number of rotatable bonds is 9. The summed E-state index contributed by atoms with van der Waals surface area (Å²) in [6, 6.07) is -2.50. The molecule has 0 rings (SSSR count). The van der Waals surface area contributed by atoms with Gasteiger partial charge < -0.3 is 21.1 Å². The number of carboxylic acid groups (broad SMARTS) is 2. The lowest BCUT2D eigenvalue weighted by Crippen LogP contribution is -2.53. The van der Waals surface area contributed by atoms with Crippen LogP contribution in [0.2, 0.25) is 0 Å². The van der Waals surface area contributed by atoms with Crippen molar-refractivity contribution >= 4 is 17.8 Å². The van der Waals surface area contributed by atoms with E-state index in [1.807, 2.05) is 0 Å². The molecule has 0 aliphatic rings. The number of carbonyl (C=O) groups is 3. The zero-order chi connectivity index (χ0) is 13.4. The van der Waals surface area contributed by atoms with Gasteiger partial charge in [-0.1, -0.05) is 0 Å². The summed E-state index contributed by atoms with van der Waals surface area (Å²) in [6.07, 6.45) is -0.238. The number of hydrazine groups is 1. The molecule has 9 nitrogen and oxygen atoms in total. The maximum atomic E-state index is 10.7. The Balaban J connectivity index is 4.21. The molecule has 0 aromatic heterocycles. The number of primary amides is 1. The van der Waals surface area contributed by atoms with Gasteiger partial charge in [0.05, 0.1) is 6.61 Å². The summed E-state index contributed by atoms with van der Waals surface area (Å²) in [6.45, 7) is -0.704. The highest BCUT2D eigenvalue weighted by Crippen LogP contribution is 1.96. The van der Waals surface area contributed by atoms with Gasteiger partial charge in [0.25, 0.3) is 0 Å². The van der Waals surface area contributed by atoms with Gasteiger partial charge in [-0.15, -0.1) is 0 Å². The fraction of sp³-hybridized carbons (Fsp3) is 0.625. The second-order valence-electron chi connectivity index (χ2n) is 3.26. The molecule has 0 unspecified atom stereocenters. The van der Waals surface area contributed by atoms with Crippen LogP contribution in [0, 0.1) is 0 Å². The highest BCUT2D eigenvalue weighted by molar-refractivity contribution is 5.77. The summed E-state index contributed by atoms with van der Waals surface area (Å²) in [4.78, 5) is 31.7. The molecule has 0 aliphatic heterocycles. The Morgan fingerprint density at radius 3 is 1.88 bits per heavy atom. The van der Waals surface area contributed by atoms with Crippen LogP contribution in [0.1, 0.15) is 12.8 Å². The van der Waals surface area contributed by atoms with Crippen LogP contribution in [0.15, 0.2) is 0 Å². The van der Waals surface area contributed by atoms with E-state index in [0.717, 1.165) is 0 Å². The van der Waals surface area contributed by atoms with Crippen LogP contribution < -0.4 is 16.6 Å². The van der Waals surface area contributed by atoms with Gasteiger partial charge in [-0.25, -0.2) is 10.9 Å². The van der Waals surface area contributed by atoms with Gasteiger partial charge in [-0.3, -0.25) is 14.4 Å². The number of aliphatic hydroxyl groups excluding tert-OH is 1. The number of aliphatic carboxylic acids is 2. The van der Waals surface area contributed by atoms with Crippen molar-refractivity contribution in [3.8, 4) is 0 Å². The van der Waals surface area contributed by atoms with Crippen molar-refractivity contribution in [3.05, 3.63) is 0 Å². The predicted molar refractivity (Wildman–Crippen MR) is 54.6 cm³/mol. The Kier molecular flexibility index (Phi) is 6.79. The van der Waals surface area contributed by atoms with Crippen molar-refractivity contribution < 1.29 is 29.7 Å². The lowest BCUT2D eigenvalue weighted by atomic mass is 10.1. The van der Waals surface area contributed by atoms with E-state index < -0.39 is 36.5 Å². The summed E-state index contributed by atoms with van der Waals surface area (Å²) < 4.78 is 0. The number of hydrogen-bond acceptors (Lipinski definition) is 6. The summed E-state index contributed by atoms with van der Waals surface area (Å²) in [7, 11) is 0. The molecule has 0 saturated carbocycles. The zero-order valence-electron chi connectivity index (χ0n) is 8.92. The smallest absolute Gasteiger partial charge is 0.324 e. The summed E-state index contributed by atoms with van der Waals surface area (Å²) in [5, 5.41) is 26.0. The molecule has 1 amide bonds. The van der Waals surface area contributed by atoms with Crippen molar-refractivity contribution in [2.24, 2.45) is 5.73 Å². The molecule has 7 N–H and O–H groups in total. The fourth-order valence-corrected chi connectivity index (χ4v) is 0.931. The largest absolute Gasteiger partial charge is 0.480 e. The number of amides is 1. The van der Waals surface area contributed by atoms with Crippen molar-refractivity contribution in [2.75, 3.05) is 6.61 Å². The maximum absolute atomic E-state index is 10.7. The number of hydrogen-bond donors (Lipinski definition) is 6. The fourth-order valence-electron chi connectivity index (χ4n) is 0.931. The van der Waals surface area contributed by atoms with Gasteiger partial charge in [0.1, 0.15) is 12.1 Å². The van der Waals surface area contributed by atoms with E-state index in [-0.39, 0.29) is 12.8 Å². The summed E-state index contributed by atoms with van der Waals surface area (Å²) in [5.41, 5.74) is 9.21. The van der Waals surface area contributed by atoms with Gasteiger partial charge in [0.2, 0.25) is 5.91 Å². The molecule has 2 atom stereocenters. The van der Waals surface area contributed by atoms with E-state index in [0.29, 0.717) is 0 Å². The third-order valence-electron chi connectivity index (χ3n) is 1.89. The highest BCUT2D eigenvalue weighted by Gasteiger charge is 2.21.